The molecule has 11 aromatic rings. The summed E-state index contributed by atoms with van der Waals surface area (Å²) in [6, 6.07) is 95.4. The maximum absolute atomic E-state index is 2.40. The maximum Gasteiger partial charge on any atom is 0.0542 e. The van der Waals surface area contributed by atoms with Gasteiger partial charge in [-0.3, -0.25) is 0 Å². The molecule has 0 saturated carbocycles. The minimum absolute atomic E-state index is 1.04. The van der Waals surface area contributed by atoms with E-state index in [2.05, 4.69) is 286 Å². The van der Waals surface area contributed by atoms with E-state index in [0.717, 1.165) is 67.9 Å². The predicted octanol–water partition coefficient (Wildman–Crippen LogP) is 16.9. The molecular weight excluding hydrogens is 777 g/mol. The lowest BCUT2D eigenvalue weighted by atomic mass is 10.0. The molecule has 0 saturated heterocycles. The van der Waals surface area contributed by atoms with Crippen LogP contribution in [0.4, 0.5) is 51.2 Å². The molecule has 0 unspecified atom stereocenters. The average Bonchev–Trinajstić information content (AvgIpc) is 3.69. The van der Waals surface area contributed by atoms with Gasteiger partial charge in [0.25, 0.3) is 0 Å². The van der Waals surface area contributed by atoms with Crippen molar-refractivity contribution in [1.29, 1.82) is 0 Å². The fourth-order valence-electron chi connectivity index (χ4n) is 9.01. The van der Waals surface area contributed by atoms with Crippen molar-refractivity contribution in [3.63, 3.8) is 0 Å². The first-order valence-corrected chi connectivity index (χ1v) is 21.8. The minimum Gasteiger partial charge on any atom is -0.310 e. The molecule has 0 aliphatic heterocycles. The van der Waals surface area contributed by atoms with Gasteiger partial charge in [-0.1, -0.05) is 140 Å². The van der Waals surface area contributed by atoms with Gasteiger partial charge < -0.3 is 19.3 Å². The first-order valence-electron chi connectivity index (χ1n) is 21.8. The zero-order valence-electron chi connectivity index (χ0n) is 35.2. The van der Waals surface area contributed by atoms with Gasteiger partial charge in [0.1, 0.15) is 0 Å². The number of fused-ring (bicyclic) bond motifs is 3. The number of aromatic nitrogens is 1. The highest BCUT2D eigenvalue weighted by Crippen LogP contribution is 2.45. The van der Waals surface area contributed by atoms with Crippen LogP contribution in [-0.2, 0) is 0 Å². The van der Waals surface area contributed by atoms with Crippen molar-refractivity contribution in [2.24, 2.45) is 0 Å². The summed E-state index contributed by atoms with van der Waals surface area (Å²) in [5.74, 6) is 0. The Balaban J connectivity index is 1.14. The SMILES string of the molecule is c1ccc(-c2ccc3c(c2)c2cc(N(c4cccc(N(c5ccccc5)c5ccccc5)c4)c4cccc(N(c5ccccc5)c5ccccc5)c4)ccc2n3-c2ccccc2)cc1. The number of benzene rings is 10. The molecule has 0 atom stereocenters. The van der Waals surface area contributed by atoms with E-state index in [1.165, 1.54) is 21.9 Å². The van der Waals surface area contributed by atoms with Gasteiger partial charge in [-0.05, 0) is 139 Å². The van der Waals surface area contributed by atoms with E-state index in [1.807, 2.05) is 0 Å². The smallest absolute Gasteiger partial charge is 0.0542 e. The highest BCUT2D eigenvalue weighted by atomic mass is 15.2. The van der Waals surface area contributed by atoms with Crippen LogP contribution < -0.4 is 14.7 Å². The van der Waals surface area contributed by atoms with E-state index in [4.69, 9.17) is 0 Å². The summed E-state index contributed by atoms with van der Waals surface area (Å²) in [5, 5.41) is 2.38. The first-order chi connectivity index (χ1) is 31.8. The van der Waals surface area contributed by atoms with Gasteiger partial charge >= 0.3 is 0 Å². The molecular formula is C60H44N4. The van der Waals surface area contributed by atoms with Crippen molar-refractivity contribution in [1.82, 2.24) is 4.57 Å². The van der Waals surface area contributed by atoms with Crippen LogP contribution in [0, 0.1) is 0 Å². The van der Waals surface area contributed by atoms with Crippen LogP contribution in [0.3, 0.4) is 0 Å². The second-order valence-electron chi connectivity index (χ2n) is 15.9. The Morgan fingerprint density at radius 2 is 0.547 bits per heavy atom. The number of anilines is 9. The van der Waals surface area contributed by atoms with Crippen molar-refractivity contribution < 1.29 is 0 Å². The number of hydrogen-bond acceptors (Lipinski definition) is 3. The highest BCUT2D eigenvalue weighted by molar-refractivity contribution is 6.12. The van der Waals surface area contributed by atoms with Gasteiger partial charge in [0.15, 0.2) is 0 Å². The van der Waals surface area contributed by atoms with Crippen LogP contribution in [0.15, 0.2) is 267 Å². The van der Waals surface area contributed by atoms with Crippen LogP contribution in [0.2, 0.25) is 0 Å². The molecule has 0 aliphatic rings. The zero-order chi connectivity index (χ0) is 42.7. The Hall–Kier alpha value is -8.60. The Bertz CT molecular complexity index is 3110. The minimum atomic E-state index is 1.04. The Kier molecular flexibility index (Phi) is 10.2. The molecule has 0 aliphatic carbocycles. The molecule has 0 spiro atoms. The first kappa shape index (κ1) is 38.3. The third kappa shape index (κ3) is 7.33. The quantitative estimate of drug-likeness (QED) is 0.129. The summed E-state index contributed by atoms with van der Waals surface area (Å²) >= 11 is 0. The molecule has 4 nitrogen and oxygen atoms in total. The third-order valence-electron chi connectivity index (χ3n) is 11.9. The molecule has 1 aromatic heterocycles. The van der Waals surface area contributed by atoms with Gasteiger partial charge in [0.2, 0.25) is 0 Å². The second-order valence-corrected chi connectivity index (χ2v) is 15.9. The largest absolute Gasteiger partial charge is 0.310 e. The molecule has 0 amide bonds. The van der Waals surface area contributed by atoms with E-state index in [0.29, 0.717) is 0 Å². The molecule has 0 bridgehead atoms. The van der Waals surface area contributed by atoms with Crippen molar-refractivity contribution in [3.8, 4) is 16.8 Å². The molecule has 4 heteroatoms. The van der Waals surface area contributed by atoms with Crippen molar-refractivity contribution in [2.75, 3.05) is 14.7 Å². The molecule has 11 rings (SSSR count). The number of hydrogen-bond donors (Lipinski definition) is 0. The molecule has 0 radical (unpaired) electrons. The fraction of sp³-hybridized carbons (Fsp3) is 0. The number of para-hydroxylation sites is 5. The van der Waals surface area contributed by atoms with E-state index >= 15 is 0 Å². The fourth-order valence-corrected chi connectivity index (χ4v) is 9.01. The van der Waals surface area contributed by atoms with E-state index in [9.17, 15) is 0 Å². The van der Waals surface area contributed by atoms with Crippen LogP contribution in [-0.4, -0.2) is 4.57 Å². The van der Waals surface area contributed by atoms with Crippen LogP contribution in [0.25, 0.3) is 38.6 Å². The monoisotopic (exact) mass is 820 g/mol. The van der Waals surface area contributed by atoms with E-state index in [1.54, 1.807) is 0 Å². The predicted molar refractivity (Wildman–Crippen MR) is 270 cm³/mol. The van der Waals surface area contributed by atoms with Crippen LogP contribution in [0.1, 0.15) is 0 Å². The maximum atomic E-state index is 2.40. The van der Waals surface area contributed by atoms with Crippen molar-refractivity contribution in [2.45, 2.75) is 0 Å². The summed E-state index contributed by atoms with van der Waals surface area (Å²) in [6.07, 6.45) is 0. The molecule has 0 N–H and O–H groups in total. The van der Waals surface area contributed by atoms with Gasteiger partial charge in [0.05, 0.1) is 11.0 Å². The Morgan fingerprint density at radius 3 is 0.984 bits per heavy atom. The lowest BCUT2D eigenvalue weighted by Crippen LogP contribution is -2.14. The molecule has 0 fully saturated rings. The second kappa shape index (κ2) is 17.0. The Morgan fingerprint density at radius 1 is 0.219 bits per heavy atom. The molecule has 304 valence electrons. The summed E-state index contributed by atoms with van der Waals surface area (Å²) < 4.78 is 2.39. The molecule has 10 aromatic carbocycles. The lowest BCUT2D eigenvalue weighted by molar-refractivity contribution is 1.18. The summed E-state index contributed by atoms with van der Waals surface area (Å²) in [4.78, 5) is 7.06. The van der Waals surface area contributed by atoms with Crippen LogP contribution in [0.5, 0.6) is 0 Å². The van der Waals surface area contributed by atoms with E-state index < -0.39 is 0 Å². The molecule has 1 heterocycles. The summed E-state index contributed by atoms with van der Waals surface area (Å²) in [6.45, 7) is 0. The highest BCUT2D eigenvalue weighted by Gasteiger charge is 2.22. The summed E-state index contributed by atoms with van der Waals surface area (Å²) in [5.41, 5.74) is 15.4. The number of rotatable bonds is 11. The molecule has 64 heavy (non-hydrogen) atoms. The lowest BCUT2D eigenvalue weighted by Gasteiger charge is -2.31. The van der Waals surface area contributed by atoms with Gasteiger partial charge in [-0.15, -0.1) is 0 Å². The summed E-state index contributed by atoms with van der Waals surface area (Å²) in [7, 11) is 0. The van der Waals surface area contributed by atoms with Crippen LogP contribution >= 0.6 is 0 Å². The van der Waals surface area contributed by atoms with E-state index in [-0.39, 0.29) is 0 Å². The normalized spacial score (nSPS) is 11.1. The Labute approximate surface area is 374 Å². The topological polar surface area (TPSA) is 14.7 Å². The van der Waals surface area contributed by atoms with Crippen molar-refractivity contribution in [3.05, 3.63) is 267 Å². The standard InChI is InChI=1S/C60H44N4/c1-7-21-45(22-8-1)46-37-39-59-57(41-46)58-44-56(38-40-60(58)64(59)51-31-17-6-18-32-51)63(54-35-19-33-52(42-54)61(47-23-9-2-10-24-47)48-25-11-3-12-26-48)55-36-20-34-53(43-55)62(49-27-13-4-14-28-49)50-29-15-5-16-30-50/h1-44H. The number of nitrogens with zero attached hydrogens (tertiary/aromatic N) is 4. The van der Waals surface area contributed by atoms with Crippen molar-refractivity contribution >= 4 is 73.0 Å². The third-order valence-corrected chi connectivity index (χ3v) is 11.9. The van der Waals surface area contributed by atoms with Gasteiger partial charge in [0, 0.05) is 67.6 Å². The van der Waals surface area contributed by atoms with Gasteiger partial charge in [-0.25, -0.2) is 0 Å². The van der Waals surface area contributed by atoms with Gasteiger partial charge in [-0.2, -0.15) is 0 Å². The average molecular weight is 821 g/mol. The zero-order valence-corrected chi connectivity index (χ0v) is 35.2.